The summed E-state index contributed by atoms with van der Waals surface area (Å²) in [6.45, 7) is -0.517. The van der Waals surface area contributed by atoms with E-state index < -0.39 is 68.3 Å². The first-order valence-electron chi connectivity index (χ1n) is 7.68. The zero-order valence-electron chi connectivity index (χ0n) is 15.2. The molecule has 13 N–H and O–H groups in total. The maximum atomic E-state index is 10.5. The molecule has 0 aromatic carbocycles. The van der Waals surface area contributed by atoms with E-state index >= 15 is 0 Å². The van der Waals surface area contributed by atoms with Crippen LogP contribution in [0, 0.1) is 0 Å². The number of hydrogen-bond donors (Lipinski definition) is 11. The van der Waals surface area contributed by atoms with E-state index in [0.717, 1.165) is 0 Å². The molecule has 7 atom stereocenters. The van der Waals surface area contributed by atoms with Crippen LogP contribution in [0.2, 0.25) is 0 Å². The number of carbonyl (C=O) groups excluding carboxylic acids is 2. The van der Waals surface area contributed by atoms with Gasteiger partial charge in [0.1, 0.15) is 49.3 Å². The smallest absolute Gasteiger partial charge is 0.189 e. The topological polar surface area (TPSA) is 288 Å². The first-order valence-corrected chi connectivity index (χ1v) is 7.68. The summed E-state index contributed by atoms with van der Waals surface area (Å²) in [7, 11) is 0. The monoisotopic (exact) mass is 424 g/mol. The Kier molecular flexibility index (Phi) is 25.3. The van der Waals surface area contributed by atoms with Crippen LogP contribution in [-0.2, 0) is 9.59 Å². The van der Waals surface area contributed by atoms with Crippen LogP contribution in [0.25, 0.3) is 0 Å². The molecule has 0 spiro atoms. The second kappa shape index (κ2) is 20.6. The maximum Gasteiger partial charge on any atom is 0.189 e. The summed E-state index contributed by atoms with van der Waals surface area (Å²) in [6.07, 6.45) is -12.1. The van der Waals surface area contributed by atoms with E-state index in [2.05, 4.69) is 0 Å². The van der Waals surface area contributed by atoms with E-state index in [1.165, 1.54) is 0 Å². The lowest BCUT2D eigenvalue weighted by Crippen LogP contribution is -2.46. The highest BCUT2D eigenvalue weighted by Gasteiger charge is 2.30. The Labute approximate surface area is 160 Å². The number of hydrogen-bond acceptors (Lipinski definition) is 13. The van der Waals surface area contributed by atoms with Gasteiger partial charge in [0.15, 0.2) is 12.1 Å². The molecular formula is C14H32O14. The summed E-state index contributed by atoms with van der Waals surface area (Å²) in [4.78, 5) is 20.4. The van der Waals surface area contributed by atoms with Crippen molar-refractivity contribution in [2.45, 2.75) is 49.7 Å². The van der Waals surface area contributed by atoms with Crippen LogP contribution in [-0.4, -0.2) is 143 Å². The summed E-state index contributed by atoms with van der Waals surface area (Å²) in [5.74, 6) is -1.00. The Morgan fingerprint density at radius 2 is 1.14 bits per heavy atom. The minimum atomic E-state index is -1.86. The number of ketones is 1. The van der Waals surface area contributed by atoms with Crippen molar-refractivity contribution in [3.63, 3.8) is 0 Å². The molecule has 0 aromatic rings. The molecule has 172 valence electrons. The first-order chi connectivity index (χ1) is 12.5. The van der Waals surface area contributed by atoms with Crippen molar-refractivity contribution in [2.24, 2.45) is 0 Å². The van der Waals surface area contributed by atoms with E-state index in [4.69, 9.17) is 56.2 Å². The Bertz CT molecular complexity index is 368. The minimum Gasteiger partial charge on any atom is -0.412 e. The minimum absolute atomic E-state index is 0. The van der Waals surface area contributed by atoms with Crippen molar-refractivity contribution in [3.05, 3.63) is 0 Å². The third-order valence-corrected chi connectivity index (χ3v) is 2.81. The van der Waals surface area contributed by atoms with Crippen LogP contribution in [0.5, 0.6) is 0 Å². The molecule has 14 nitrogen and oxygen atoms in total. The lowest BCUT2D eigenvalue weighted by Gasteiger charge is -2.22. The van der Waals surface area contributed by atoms with Gasteiger partial charge in [-0.25, -0.2) is 0 Å². The number of rotatable bonds is 10. The third-order valence-electron chi connectivity index (χ3n) is 2.81. The standard InChI is InChI=1S/2C6H12O6.C2H6O.H2O/c2*7-1-3(9)5(11)6(12)4(10)2-8;1-2-3;/h3,5-9,11-12H,1-2H2;1,3-6,8-12H,2H2;3H,2H2,1H3;1H2/t3-,5-,6-;3-,4+,5+,6+;;/m10../s1. The highest BCUT2D eigenvalue weighted by Crippen LogP contribution is 2.03. The molecule has 0 unspecified atom stereocenters. The summed E-state index contributed by atoms with van der Waals surface area (Å²) < 4.78 is 0. The summed E-state index contributed by atoms with van der Waals surface area (Å²) in [6, 6.07) is 0. The fraction of sp³-hybridized carbons (Fsp3) is 0.857. The van der Waals surface area contributed by atoms with Crippen molar-refractivity contribution < 1.29 is 71.2 Å². The molecule has 0 aliphatic heterocycles. The van der Waals surface area contributed by atoms with E-state index in [-0.39, 0.29) is 18.4 Å². The third kappa shape index (κ3) is 14.9. The molecule has 0 radical (unpaired) electrons. The van der Waals surface area contributed by atoms with Crippen LogP contribution in [0.3, 0.4) is 0 Å². The zero-order valence-corrected chi connectivity index (χ0v) is 15.2. The second-order valence-electron chi connectivity index (χ2n) is 4.98. The predicted molar refractivity (Wildman–Crippen MR) is 90.7 cm³/mol. The summed E-state index contributed by atoms with van der Waals surface area (Å²) >= 11 is 0. The first kappa shape index (κ1) is 34.4. The van der Waals surface area contributed by atoms with Crippen LogP contribution in [0.15, 0.2) is 0 Å². The molecule has 14 heteroatoms. The van der Waals surface area contributed by atoms with Gasteiger partial charge in [-0.05, 0) is 6.92 Å². The summed E-state index contributed by atoms with van der Waals surface area (Å²) in [5.41, 5.74) is 0. The van der Waals surface area contributed by atoms with Crippen molar-refractivity contribution in [1.82, 2.24) is 0 Å². The van der Waals surface area contributed by atoms with Crippen molar-refractivity contribution in [1.29, 1.82) is 0 Å². The number of carbonyl (C=O) groups is 2. The maximum absolute atomic E-state index is 10.5. The van der Waals surface area contributed by atoms with Crippen molar-refractivity contribution in [2.75, 3.05) is 26.4 Å². The number of aldehydes is 1. The van der Waals surface area contributed by atoms with E-state index in [1.807, 2.05) is 0 Å². The quantitative estimate of drug-likeness (QED) is 0.145. The number of Topliss-reactive ketones (excluding diaryl/α,β-unsaturated/α-hetero) is 1. The van der Waals surface area contributed by atoms with Crippen molar-refractivity contribution in [3.8, 4) is 0 Å². The van der Waals surface area contributed by atoms with Crippen LogP contribution < -0.4 is 0 Å². The molecule has 0 saturated heterocycles. The number of aliphatic hydroxyl groups excluding tert-OH is 11. The molecule has 0 aliphatic rings. The zero-order chi connectivity index (χ0) is 22.2. The molecule has 0 aromatic heterocycles. The van der Waals surface area contributed by atoms with Gasteiger partial charge in [0.25, 0.3) is 0 Å². The normalized spacial score (nSPS) is 17.6. The molecule has 0 heterocycles. The van der Waals surface area contributed by atoms with Gasteiger partial charge in [0, 0.05) is 6.61 Å². The van der Waals surface area contributed by atoms with Gasteiger partial charge >= 0.3 is 0 Å². The van der Waals surface area contributed by atoms with Crippen molar-refractivity contribution >= 4 is 12.1 Å². The van der Waals surface area contributed by atoms with Crippen LogP contribution >= 0.6 is 0 Å². The van der Waals surface area contributed by atoms with Gasteiger partial charge in [-0.1, -0.05) is 0 Å². The molecule has 0 aliphatic carbocycles. The summed E-state index contributed by atoms with van der Waals surface area (Å²) in [5, 5.41) is 94.2. The Morgan fingerprint density at radius 3 is 1.43 bits per heavy atom. The molecule has 0 bridgehead atoms. The van der Waals surface area contributed by atoms with E-state index in [0.29, 0.717) is 0 Å². The average molecular weight is 424 g/mol. The lowest BCUT2D eigenvalue weighted by molar-refractivity contribution is -0.142. The highest BCUT2D eigenvalue weighted by atomic mass is 16.4. The molecule has 0 saturated carbocycles. The largest absolute Gasteiger partial charge is 0.412 e. The Balaban J connectivity index is -0.000000175. The van der Waals surface area contributed by atoms with Gasteiger partial charge in [0.2, 0.25) is 0 Å². The number of aliphatic hydroxyl groups is 11. The molecular weight excluding hydrogens is 392 g/mol. The van der Waals surface area contributed by atoms with Gasteiger partial charge in [0.05, 0.1) is 13.2 Å². The molecule has 0 rings (SSSR count). The predicted octanol–water partition coefficient (Wildman–Crippen LogP) is -7.58. The van der Waals surface area contributed by atoms with Gasteiger partial charge in [-0.2, -0.15) is 0 Å². The van der Waals surface area contributed by atoms with E-state index in [1.54, 1.807) is 6.92 Å². The van der Waals surface area contributed by atoms with Crippen LogP contribution in [0.4, 0.5) is 0 Å². The van der Waals surface area contributed by atoms with Gasteiger partial charge in [-0.15, -0.1) is 0 Å². The highest BCUT2D eigenvalue weighted by molar-refractivity contribution is 5.84. The average Bonchev–Trinajstić information content (AvgIpc) is 2.69. The fourth-order valence-electron chi connectivity index (χ4n) is 1.22. The second-order valence-corrected chi connectivity index (χ2v) is 4.98. The van der Waals surface area contributed by atoms with Gasteiger partial charge < -0.3 is 66.4 Å². The molecule has 0 amide bonds. The fourth-order valence-corrected chi connectivity index (χ4v) is 1.22. The Morgan fingerprint density at radius 1 is 0.786 bits per heavy atom. The SMILES string of the molecule is CCO.O.O=C(CO)[C@@H](O)[C@H](O)[C@H](O)CO.O=C[C@H](O)[C@@H](O)[C@H](O)[C@H](O)CO. The van der Waals surface area contributed by atoms with Gasteiger partial charge in [-0.3, -0.25) is 4.79 Å². The Hall–Kier alpha value is -1.14. The molecule has 0 fully saturated rings. The van der Waals surface area contributed by atoms with E-state index in [9.17, 15) is 9.59 Å². The molecule has 28 heavy (non-hydrogen) atoms. The van der Waals surface area contributed by atoms with Crippen LogP contribution in [0.1, 0.15) is 6.92 Å². The lowest BCUT2D eigenvalue weighted by atomic mass is 10.0.